The highest BCUT2D eigenvalue weighted by Crippen LogP contribution is 2.43. The van der Waals surface area contributed by atoms with E-state index in [1.54, 1.807) is 6.07 Å². The van der Waals surface area contributed by atoms with E-state index in [1.807, 2.05) is 41.4 Å². The lowest BCUT2D eigenvalue weighted by atomic mass is 10.0. The Morgan fingerprint density at radius 2 is 1.67 bits per heavy atom. The maximum atomic E-state index is 6.33. The molecule has 27 heavy (non-hydrogen) atoms. The molecule has 2 heterocycles. The Hall–Kier alpha value is -0.820. The summed E-state index contributed by atoms with van der Waals surface area (Å²) in [5, 5.41) is 8.19. The van der Waals surface area contributed by atoms with Gasteiger partial charge in [-0.1, -0.05) is 74.5 Å². The van der Waals surface area contributed by atoms with Gasteiger partial charge in [0.05, 0.1) is 22.3 Å². The number of rotatable bonds is 3. The van der Waals surface area contributed by atoms with Crippen LogP contribution in [0.15, 0.2) is 52.0 Å². The number of benzene rings is 2. The van der Waals surface area contributed by atoms with E-state index >= 15 is 0 Å². The largest absolute Gasteiger partial charge is 0.256 e. The van der Waals surface area contributed by atoms with E-state index < -0.39 is 0 Å². The molecule has 0 saturated carbocycles. The summed E-state index contributed by atoms with van der Waals surface area (Å²) in [6.07, 6.45) is 0.657. The molecule has 0 N–H and O–H groups in total. The zero-order chi connectivity index (χ0) is 19.1. The molecule has 1 aliphatic rings. The van der Waals surface area contributed by atoms with Gasteiger partial charge in [0.15, 0.2) is 4.47 Å². The van der Waals surface area contributed by atoms with Gasteiger partial charge in [-0.25, -0.2) is 4.98 Å². The van der Waals surface area contributed by atoms with Crippen molar-refractivity contribution >= 4 is 85.1 Å². The molecule has 1 aromatic heterocycles. The van der Waals surface area contributed by atoms with Crippen LogP contribution in [0.1, 0.15) is 22.9 Å². The van der Waals surface area contributed by atoms with Gasteiger partial charge in [-0.3, -0.25) is 5.01 Å². The van der Waals surface area contributed by atoms with E-state index in [0.717, 1.165) is 26.3 Å². The quantitative estimate of drug-likeness (QED) is 0.351. The van der Waals surface area contributed by atoms with Gasteiger partial charge in [0.25, 0.3) is 0 Å². The molecule has 3 aromatic rings. The highest BCUT2D eigenvalue weighted by Gasteiger charge is 2.33. The molecule has 0 aliphatic carbocycles. The van der Waals surface area contributed by atoms with Crippen LogP contribution in [0.3, 0.4) is 0 Å². The van der Waals surface area contributed by atoms with Crippen molar-refractivity contribution in [1.29, 1.82) is 0 Å². The number of hydrogen-bond donors (Lipinski definition) is 0. The van der Waals surface area contributed by atoms with E-state index in [4.69, 9.17) is 51.5 Å². The third-order valence-corrected chi connectivity index (χ3v) is 6.71. The van der Waals surface area contributed by atoms with Crippen LogP contribution in [0.25, 0.3) is 0 Å². The lowest BCUT2D eigenvalue weighted by molar-refractivity contribution is 0.720. The van der Waals surface area contributed by atoms with Crippen LogP contribution in [-0.4, -0.2) is 10.7 Å². The van der Waals surface area contributed by atoms with Crippen molar-refractivity contribution in [1.82, 2.24) is 4.98 Å². The molecule has 4 rings (SSSR count). The van der Waals surface area contributed by atoms with Gasteiger partial charge in [0, 0.05) is 20.9 Å². The monoisotopic (exact) mass is 519 g/mol. The topological polar surface area (TPSA) is 28.5 Å². The number of thiazole rings is 1. The number of nitrogens with zero attached hydrogens (tertiary/aromatic N) is 3. The smallest absolute Gasteiger partial charge is 0.185 e. The zero-order valence-corrected chi connectivity index (χ0v) is 18.9. The van der Waals surface area contributed by atoms with Crippen LogP contribution < -0.4 is 5.01 Å². The number of hydrazone groups is 1. The highest BCUT2D eigenvalue weighted by molar-refractivity contribution is 9.10. The van der Waals surface area contributed by atoms with Crippen molar-refractivity contribution in [2.24, 2.45) is 5.10 Å². The van der Waals surface area contributed by atoms with Gasteiger partial charge in [0.2, 0.25) is 0 Å². The van der Waals surface area contributed by atoms with Crippen molar-refractivity contribution < 1.29 is 0 Å². The molecular formula is C18H10BrCl4N3S. The number of aromatic nitrogens is 1. The normalized spacial score (nSPS) is 16.7. The van der Waals surface area contributed by atoms with Crippen molar-refractivity contribution in [2.75, 3.05) is 5.01 Å². The molecule has 0 radical (unpaired) electrons. The molecule has 138 valence electrons. The molecule has 0 fully saturated rings. The summed E-state index contributed by atoms with van der Waals surface area (Å²) in [7, 11) is 0. The first kappa shape index (κ1) is 19.5. The summed E-state index contributed by atoms with van der Waals surface area (Å²) in [4.78, 5) is 5.00. The summed E-state index contributed by atoms with van der Waals surface area (Å²) in [6, 6.07) is 13.2. The minimum absolute atomic E-state index is 0.143. The Balaban J connectivity index is 1.80. The second-order valence-corrected chi connectivity index (χ2v) is 9.63. The first-order chi connectivity index (χ1) is 12.9. The molecule has 0 amide bonds. The van der Waals surface area contributed by atoms with Crippen LogP contribution in [-0.2, 0) is 0 Å². The Bertz CT molecular complexity index is 1020. The van der Waals surface area contributed by atoms with E-state index in [2.05, 4.69) is 20.9 Å². The molecule has 1 aliphatic heterocycles. The van der Waals surface area contributed by atoms with Crippen molar-refractivity contribution in [3.63, 3.8) is 0 Å². The fraction of sp³-hybridized carbons (Fsp3) is 0.111. The van der Waals surface area contributed by atoms with Crippen LogP contribution in [0.4, 0.5) is 5.69 Å². The fourth-order valence-corrected chi connectivity index (χ4v) is 5.23. The Kier molecular flexibility index (Phi) is 5.70. The lowest BCUT2D eigenvalue weighted by Crippen LogP contribution is -2.18. The Morgan fingerprint density at radius 3 is 2.26 bits per heavy atom. The molecule has 3 nitrogen and oxygen atoms in total. The van der Waals surface area contributed by atoms with E-state index in [-0.39, 0.29) is 6.04 Å². The maximum Gasteiger partial charge on any atom is 0.185 e. The first-order valence-corrected chi connectivity index (χ1v) is 10.9. The highest BCUT2D eigenvalue weighted by atomic mass is 79.9. The van der Waals surface area contributed by atoms with Gasteiger partial charge in [-0.2, -0.15) is 5.10 Å². The van der Waals surface area contributed by atoms with Gasteiger partial charge in [-0.15, -0.1) is 11.3 Å². The Morgan fingerprint density at radius 1 is 1.00 bits per heavy atom. The first-order valence-electron chi connectivity index (χ1n) is 7.81. The van der Waals surface area contributed by atoms with Gasteiger partial charge in [0.1, 0.15) is 5.15 Å². The second-order valence-electron chi connectivity index (χ2n) is 5.87. The molecule has 0 bridgehead atoms. The fourth-order valence-electron chi connectivity index (χ4n) is 2.93. The number of halogens is 5. The molecule has 0 saturated heterocycles. The lowest BCUT2D eigenvalue weighted by Gasteiger charge is -2.23. The van der Waals surface area contributed by atoms with Crippen LogP contribution in [0.5, 0.6) is 0 Å². The van der Waals surface area contributed by atoms with Gasteiger partial charge in [-0.05, 0) is 35.9 Å². The molecule has 0 spiro atoms. The number of hydrogen-bond acceptors (Lipinski definition) is 4. The zero-order valence-electron chi connectivity index (χ0n) is 13.5. The maximum absolute atomic E-state index is 6.33. The molecule has 1 unspecified atom stereocenters. The van der Waals surface area contributed by atoms with E-state index in [9.17, 15) is 0 Å². The Labute approximate surface area is 188 Å². The summed E-state index contributed by atoms with van der Waals surface area (Å²) in [5.74, 6) is 0. The molecule has 1 atom stereocenters. The SMILES string of the molecule is Clc1cc(Cl)cc(N2N=C(c3ccc(Br)cc3)CC2c2sc(Cl)nc2Cl)c1. The third-order valence-electron chi connectivity index (χ3n) is 4.09. The van der Waals surface area contributed by atoms with E-state index in [1.165, 1.54) is 11.3 Å². The van der Waals surface area contributed by atoms with Crippen molar-refractivity contribution in [3.8, 4) is 0 Å². The van der Waals surface area contributed by atoms with Gasteiger partial charge < -0.3 is 0 Å². The predicted octanol–water partition coefficient (Wildman–Crippen LogP) is 7.87. The summed E-state index contributed by atoms with van der Waals surface area (Å²) >= 11 is 29.6. The van der Waals surface area contributed by atoms with Crippen molar-refractivity contribution in [2.45, 2.75) is 12.5 Å². The molecule has 9 heteroatoms. The van der Waals surface area contributed by atoms with E-state index in [0.29, 0.717) is 26.1 Å². The minimum Gasteiger partial charge on any atom is -0.256 e. The van der Waals surface area contributed by atoms with Crippen LogP contribution >= 0.6 is 73.7 Å². The average molecular weight is 522 g/mol. The van der Waals surface area contributed by atoms with Crippen LogP contribution in [0.2, 0.25) is 19.7 Å². The van der Waals surface area contributed by atoms with Crippen molar-refractivity contribution in [3.05, 3.63) is 77.0 Å². The summed E-state index contributed by atoms with van der Waals surface area (Å²) in [5.41, 5.74) is 2.75. The third kappa shape index (κ3) is 4.14. The van der Waals surface area contributed by atoms with Crippen LogP contribution in [0, 0.1) is 0 Å². The standard InChI is InChI=1S/C18H10BrCl4N3S/c19-10-3-1-9(2-4-10)14-8-15(16-17(22)24-18(23)27-16)26(25-14)13-6-11(20)5-12(21)7-13/h1-7,15H,8H2. The second kappa shape index (κ2) is 7.90. The van der Waals surface area contributed by atoms with Gasteiger partial charge >= 0.3 is 0 Å². The molecular weight excluding hydrogens is 512 g/mol. The number of anilines is 1. The summed E-state index contributed by atoms with van der Waals surface area (Å²) < 4.78 is 1.41. The minimum atomic E-state index is -0.143. The predicted molar refractivity (Wildman–Crippen MR) is 119 cm³/mol. The molecule has 2 aromatic carbocycles. The summed E-state index contributed by atoms with van der Waals surface area (Å²) in [6.45, 7) is 0. The average Bonchev–Trinajstić information content (AvgIpc) is 3.17.